The van der Waals surface area contributed by atoms with Crippen molar-refractivity contribution in [1.29, 1.82) is 0 Å². The molecule has 0 saturated heterocycles. The lowest BCUT2D eigenvalue weighted by Gasteiger charge is -2.31. The van der Waals surface area contributed by atoms with Gasteiger partial charge in [0, 0.05) is 23.4 Å². The van der Waals surface area contributed by atoms with E-state index < -0.39 is 6.04 Å². The Labute approximate surface area is 201 Å². The second kappa shape index (κ2) is 12.3. The molecule has 1 N–H and O–H groups in total. The molecular weight excluding hydrogens is 440 g/mol. The molecule has 1 aliphatic rings. The molecular formula is C26H33ClN2O2S. The number of carbonyl (C=O) groups is 2. The molecule has 2 amide bonds. The molecule has 172 valence electrons. The van der Waals surface area contributed by atoms with Gasteiger partial charge in [-0.25, -0.2) is 0 Å². The van der Waals surface area contributed by atoms with Crippen LogP contribution in [0.15, 0.2) is 48.5 Å². The highest BCUT2D eigenvalue weighted by molar-refractivity contribution is 7.99. The second-order valence-corrected chi connectivity index (χ2v) is 10.1. The molecule has 2 aromatic rings. The first kappa shape index (κ1) is 24.7. The lowest BCUT2D eigenvalue weighted by Crippen LogP contribution is -2.50. The standard InChI is InChI=1S/C26H33ClN2O2S/c1-19-8-10-21(11-9-19)16-29(20(2)26(31)28-24-6-4-3-5-7-24)25(30)18-32-17-22-12-14-23(27)15-13-22/h8-15,20,24H,3-7,16-18H2,1-2H3,(H,28,31)/t20-/m0/s1. The van der Waals surface area contributed by atoms with Crippen LogP contribution in [0.4, 0.5) is 0 Å². The molecule has 0 bridgehead atoms. The molecule has 0 aliphatic heterocycles. The van der Waals surface area contributed by atoms with E-state index in [0.717, 1.165) is 42.6 Å². The van der Waals surface area contributed by atoms with Crippen molar-refractivity contribution in [2.75, 3.05) is 5.75 Å². The zero-order valence-electron chi connectivity index (χ0n) is 19.0. The molecule has 1 fully saturated rings. The SMILES string of the molecule is Cc1ccc(CN(C(=O)CSCc2ccc(Cl)cc2)[C@@H](C)C(=O)NC2CCCCC2)cc1. The van der Waals surface area contributed by atoms with E-state index in [1.54, 1.807) is 16.7 Å². The van der Waals surface area contributed by atoms with Crippen LogP contribution in [0.25, 0.3) is 0 Å². The molecule has 6 heteroatoms. The van der Waals surface area contributed by atoms with E-state index in [0.29, 0.717) is 17.3 Å². The molecule has 0 radical (unpaired) electrons. The van der Waals surface area contributed by atoms with Crippen molar-refractivity contribution in [1.82, 2.24) is 10.2 Å². The van der Waals surface area contributed by atoms with Gasteiger partial charge in [-0.1, -0.05) is 72.8 Å². The fourth-order valence-electron chi connectivity index (χ4n) is 3.96. The average Bonchev–Trinajstić information content (AvgIpc) is 2.80. The van der Waals surface area contributed by atoms with Gasteiger partial charge in [0.2, 0.25) is 11.8 Å². The van der Waals surface area contributed by atoms with Crippen LogP contribution >= 0.6 is 23.4 Å². The number of rotatable bonds is 9. The first-order chi connectivity index (χ1) is 15.4. The summed E-state index contributed by atoms with van der Waals surface area (Å²) in [6.07, 6.45) is 5.62. The number of aryl methyl sites for hydroxylation is 1. The molecule has 1 atom stereocenters. The van der Waals surface area contributed by atoms with E-state index in [4.69, 9.17) is 11.6 Å². The minimum Gasteiger partial charge on any atom is -0.352 e. The average molecular weight is 473 g/mol. The quantitative estimate of drug-likeness (QED) is 0.505. The Kier molecular flexibility index (Phi) is 9.49. The maximum Gasteiger partial charge on any atom is 0.242 e. The summed E-state index contributed by atoms with van der Waals surface area (Å²) >= 11 is 7.51. The first-order valence-electron chi connectivity index (χ1n) is 11.4. The van der Waals surface area contributed by atoms with Crippen LogP contribution in [0.1, 0.15) is 55.7 Å². The van der Waals surface area contributed by atoms with E-state index in [9.17, 15) is 9.59 Å². The molecule has 4 nitrogen and oxygen atoms in total. The van der Waals surface area contributed by atoms with Crippen molar-refractivity contribution >= 4 is 35.2 Å². The Morgan fingerprint density at radius 3 is 2.31 bits per heavy atom. The maximum absolute atomic E-state index is 13.2. The molecule has 0 aromatic heterocycles. The maximum atomic E-state index is 13.2. The minimum absolute atomic E-state index is 0.0177. The Hall–Kier alpha value is -1.98. The van der Waals surface area contributed by atoms with E-state index in [1.165, 1.54) is 12.0 Å². The van der Waals surface area contributed by atoms with Crippen LogP contribution in [0.3, 0.4) is 0 Å². The third-order valence-corrected chi connectivity index (χ3v) is 7.24. The molecule has 1 saturated carbocycles. The number of hydrogen-bond acceptors (Lipinski definition) is 3. The zero-order valence-corrected chi connectivity index (χ0v) is 20.6. The summed E-state index contributed by atoms with van der Waals surface area (Å²) in [7, 11) is 0. The van der Waals surface area contributed by atoms with E-state index in [-0.39, 0.29) is 17.9 Å². The largest absolute Gasteiger partial charge is 0.352 e. The zero-order chi connectivity index (χ0) is 22.9. The number of amides is 2. The molecule has 2 aromatic carbocycles. The first-order valence-corrected chi connectivity index (χ1v) is 12.9. The Bertz CT molecular complexity index is 880. The van der Waals surface area contributed by atoms with Crippen molar-refractivity contribution in [3.63, 3.8) is 0 Å². The molecule has 3 rings (SSSR count). The predicted molar refractivity (Wildman–Crippen MR) is 134 cm³/mol. The summed E-state index contributed by atoms with van der Waals surface area (Å²) in [5.41, 5.74) is 3.33. The number of nitrogens with one attached hydrogen (secondary N) is 1. The van der Waals surface area contributed by atoms with Crippen molar-refractivity contribution in [3.8, 4) is 0 Å². The van der Waals surface area contributed by atoms with Crippen LogP contribution in [-0.4, -0.2) is 34.6 Å². The normalized spacial score (nSPS) is 15.2. The van der Waals surface area contributed by atoms with E-state index in [2.05, 4.69) is 5.32 Å². The Morgan fingerprint density at radius 2 is 1.66 bits per heavy atom. The minimum atomic E-state index is -0.512. The molecule has 0 unspecified atom stereocenters. The van der Waals surface area contributed by atoms with Crippen LogP contribution in [0, 0.1) is 6.92 Å². The third kappa shape index (κ3) is 7.56. The summed E-state index contributed by atoms with van der Waals surface area (Å²) in [6.45, 7) is 4.31. The second-order valence-electron chi connectivity index (χ2n) is 8.65. The van der Waals surface area contributed by atoms with Crippen molar-refractivity contribution in [2.24, 2.45) is 0 Å². The van der Waals surface area contributed by atoms with Gasteiger partial charge in [0.1, 0.15) is 6.04 Å². The number of thioether (sulfide) groups is 1. The predicted octanol–water partition coefficient (Wildman–Crippen LogP) is 5.75. The number of nitrogens with zero attached hydrogens (tertiary/aromatic N) is 1. The number of halogens is 1. The molecule has 32 heavy (non-hydrogen) atoms. The summed E-state index contributed by atoms with van der Waals surface area (Å²) in [6, 6.07) is 15.5. The van der Waals surface area contributed by atoms with E-state index >= 15 is 0 Å². The van der Waals surface area contributed by atoms with Crippen molar-refractivity contribution < 1.29 is 9.59 Å². The third-order valence-electron chi connectivity index (χ3n) is 6.00. The Morgan fingerprint density at radius 1 is 1.03 bits per heavy atom. The van der Waals surface area contributed by atoms with Crippen LogP contribution < -0.4 is 5.32 Å². The smallest absolute Gasteiger partial charge is 0.242 e. The van der Waals surface area contributed by atoms with Gasteiger partial charge >= 0.3 is 0 Å². The van der Waals surface area contributed by atoms with Crippen LogP contribution in [0.5, 0.6) is 0 Å². The lowest BCUT2D eigenvalue weighted by atomic mass is 9.95. The van der Waals surface area contributed by atoms with Crippen molar-refractivity contribution in [3.05, 3.63) is 70.2 Å². The highest BCUT2D eigenvalue weighted by Crippen LogP contribution is 2.20. The Balaban J connectivity index is 1.64. The molecule has 0 heterocycles. The van der Waals surface area contributed by atoms with Crippen molar-refractivity contribution in [2.45, 2.75) is 70.3 Å². The van der Waals surface area contributed by atoms with Crippen LogP contribution in [-0.2, 0) is 21.9 Å². The number of benzene rings is 2. The van der Waals surface area contributed by atoms with Gasteiger partial charge in [-0.05, 0) is 49.9 Å². The van der Waals surface area contributed by atoms with Crippen LogP contribution in [0.2, 0.25) is 5.02 Å². The molecule has 1 aliphatic carbocycles. The lowest BCUT2D eigenvalue weighted by molar-refractivity contribution is -0.139. The van der Waals surface area contributed by atoms with Gasteiger partial charge in [0.05, 0.1) is 5.75 Å². The number of carbonyl (C=O) groups excluding carboxylic acids is 2. The fraction of sp³-hybridized carbons (Fsp3) is 0.462. The summed E-state index contributed by atoms with van der Waals surface area (Å²) in [5, 5.41) is 3.89. The van der Waals surface area contributed by atoms with Gasteiger partial charge in [0.25, 0.3) is 0 Å². The highest BCUT2D eigenvalue weighted by atomic mass is 35.5. The van der Waals surface area contributed by atoms with Gasteiger partial charge in [-0.15, -0.1) is 11.8 Å². The van der Waals surface area contributed by atoms with Gasteiger partial charge in [0.15, 0.2) is 0 Å². The fourth-order valence-corrected chi connectivity index (χ4v) is 4.96. The number of hydrogen-bond donors (Lipinski definition) is 1. The van der Waals surface area contributed by atoms with Gasteiger partial charge < -0.3 is 10.2 Å². The monoisotopic (exact) mass is 472 g/mol. The summed E-state index contributed by atoms with van der Waals surface area (Å²) in [4.78, 5) is 27.9. The molecule has 0 spiro atoms. The summed E-state index contributed by atoms with van der Waals surface area (Å²) in [5.74, 6) is 0.982. The van der Waals surface area contributed by atoms with Gasteiger partial charge in [-0.3, -0.25) is 9.59 Å². The summed E-state index contributed by atoms with van der Waals surface area (Å²) < 4.78 is 0. The van der Waals surface area contributed by atoms with Gasteiger partial charge in [-0.2, -0.15) is 0 Å². The van der Waals surface area contributed by atoms with E-state index in [1.807, 2.05) is 62.4 Å². The highest BCUT2D eigenvalue weighted by Gasteiger charge is 2.28. The topological polar surface area (TPSA) is 49.4 Å².